The van der Waals surface area contributed by atoms with E-state index in [2.05, 4.69) is 5.10 Å². The number of hydrogen-bond donors (Lipinski definition) is 0. The molecule has 0 saturated carbocycles. The fourth-order valence-corrected chi connectivity index (χ4v) is 2.23. The molecular formula is C17H17N3O. The zero-order chi connectivity index (χ0) is 15.4. The standard InChI is InChI=1S/C17H17N3O/c1-4-16(14-8-6-5-7-9-14)19-20-13(3)10-12(2)15(11-18)17(20)21/h5-10H,4H2,1-3H3. The van der Waals surface area contributed by atoms with Gasteiger partial charge in [0.15, 0.2) is 0 Å². The third kappa shape index (κ3) is 2.92. The van der Waals surface area contributed by atoms with Crippen LogP contribution in [0.15, 0.2) is 46.3 Å². The molecule has 0 atom stereocenters. The number of aryl methyl sites for hydroxylation is 2. The van der Waals surface area contributed by atoms with Crippen molar-refractivity contribution in [2.75, 3.05) is 0 Å². The monoisotopic (exact) mass is 279 g/mol. The highest BCUT2D eigenvalue weighted by molar-refractivity contribution is 6.00. The number of hydrogen-bond acceptors (Lipinski definition) is 3. The minimum Gasteiger partial charge on any atom is -0.266 e. The molecule has 1 heterocycles. The molecule has 2 rings (SSSR count). The third-order valence-electron chi connectivity index (χ3n) is 3.33. The summed E-state index contributed by atoms with van der Waals surface area (Å²) in [5, 5.41) is 13.6. The summed E-state index contributed by atoms with van der Waals surface area (Å²) in [6.07, 6.45) is 0.700. The van der Waals surface area contributed by atoms with E-state index in [1.807, 2.05) is 56.3 Å². The third-order valence-corrected chi connectivity index (χ3v) is 3.33. The first-order chi connectivity index (χ1) is 10.1. The Labute approximate surface area is 124 Å². The highest BCUT2D eigenvalue weighted by Gasteiger charge is 2.10. The molecule has 0 unspecified atom stereocenters. The first-order valence-electron chi connectivity index (χ1n) is 6.85. The quantitative estimate of drug-likeness (QED) is 0.811. The van der Waals surface area contributed by atoms with Gasteiger partial charge in [-0.15, -0.1) is 0 Å². The number of aromatic nitrogens is 1. The Kier molecular flexibility index (Phi) is 4.34. The maximum atomic E-state index is 12.4. The Morgan fingerprint density at radius 1 is 1.29 bits per heavy atom. The Bertz CT molecular complexity index is 780. The van der Waals surface area contributed by atoms with Gasteiger partial charge in [0.1, 0.15) is 11.6 Å². The van der Waals surface area contributed by atoms with Crippen LogP contribution in [0.3, 0.4) is 0 Å². The smallest absolute Gasteiger partial charge is 0.266 e. The molecule has 0 saturated heterocycles. The van der Waals surface area contributed by atoms with Crippen molar-refractivity contribution in [1.29, 1.82) is 5.26 Å². The van der Waals surface area contributed by atoms with Crippen molar-refractivity contribution in [2.24, 2.45) is 5.10 Å². The molecule has 0 N–H and O–H groups in total. The Morgan fingerprint density at radius 2 is 1.95 bits per heavy atom. The van der Waals surface area contributed by atoms with E-state index in [1.54, 1.807) is 6.92 Å². The molecular weight excluding hydrogens is 262 g/mol. The summed E-state index contributed by atoms with van der Waals surface area (Å²) in [5.41, 5.74) is 2.98. The zero-order valence-corrected chi connectivity index (χ0v) is 12.4. The van der Waals surface area contributed by atoms with Crippen LogP contribution in [0.2, 0.25) is 0 Å². The number of nitriles is 1. The summed E-state index contributed by atoms with van der Waals surface area (Å²) < 4.78 is 1.32. The van der Waals surface area contributed by atoms with Crippen LogP contribution in [0.25, 0.3) is 0 Å². The first-order valence-corrected chi connectivity index (χ1v) is 6.85. The Hall–Kier alpha value is -2.67. The topological polar surface area (TPSA) is 58.1 Å². The molecule has 0 amide bonds. The van der Waals surface area contributed by atoms with Crippen LogP contribution in [0.5, 0.6) is 0 Å². The average molecular weight is 279 g/mol. The lowest BCUT2D eigenvalue weighted by molar-refractivity contribution is 0.778. The van der Waals surface area contributed by atoms with E-state index in [-0.39, 0.29) is 11.1 Å². The molecule has 0 spiro atoms. The van der Waals surface area contributed by atoms with Crippen LogP contribution in [-0.2, 0) is 0 Å². The van der Waals surface area contributed by atoms with E-state index in [9.17, 15) is 4.79 Å². The molecule has 4 heteroatoms. The van der Waals surface area contributed by atoms with Crippen LogP contribution in [-0.4, -0.2) is 10.4 Å². The molecule has 21 heavy (non-hydrogen) atoms. The highest BCUT2D eigenvalue weighted by Crippen LogP contribution is 2.08. The van der Waals surface area contributed by atoms with E-state index in [0.717, 1.165) is 17.0 Å². The van der Waals surface area contributed by atoms with Crippen molar-refractivity contribution < 1.29 is 0 Å². The molecule has 0 aliphatic rings. The normalized spacial score (nSPS) is 11.2. The van der Waals surface area contributed by atoms with Gasteiger partial charge < -0.3 is 0 Å². The molecule has 0 fully saturated rings. The lowest BCUT2D eigenvalue weighted by atomic mass is 10.1. The molecule has 4 nitrogen and oxygen atoms in total. The minimum atomic E-state index is -0.364. The predicted octanol–water partition coefficient (Wildman–Crippen LogP) is 3.00. The van der Waals surface area contributed by atoms with Gasteiger partial charge in [0.25, 0.3) is 5.56 Å². The fourth-order valence-electron chi connectivity index (χ4n) is 2.23. The predicted molar refractivity (Wildman–Crippen MR) is 83.6 cm³/mol. The molecule has 106 valence electrons. The summed E-state index contributed by atoms with van der Waals surface area (Å²) in [5.74, 6) is 0. The summed E-state index contributed by atoms with van der Waals surface area (Å²) in [4.78, 5) is 12.4. The van der Waals surface area contributed by atoms with Gasteiger partial charge in [0.2, 0.25) is 0 Å². The largest absolute Gasteiger partial charge is 0.289 e. The molecule has 0 aliphatic heterocycles. The molecule has 0 aliphatic carbocycles. The summed E-state index contributed by atoms with van der Waals surface area (Å²) in [7, 11) is 0. The summed E-state index contributed by atoms with van der Waals surface area (Å²) >= 11 is 0. The molecule has 0 bridgehead atoms. The van der Waals surface area contributed by atoms with E-state index in [4.69, 9.17) is 5.26 Å². The summed E-state index contributed by atoms with van der Waals surface area (Å²) in [6, 6.07) is 13.5. The van der Waals surface area contributed by atoms with Gasteiger partial charge in [-0.1, -0.05) is 37.3 Å². The minimum absolute atomic E-state index is 0.146. The number of rotatable bonds is 3. The lowest BCUT2D eigenvalue weighted by Gasteiger charge is -2.09. The van der Waals surface area contributed by atoms with Crippen LogP contribution in [0, 0.1) is 25.2 Å². The second-order valence-electron chi connectivity index (χ2n) is 4.84. The molecule has 0 radical (unpaired) electrons. The zero-order valence-electron chi connectivity index (χ0n) is 12.4. The van der Waals surface area contributed by atoms with Gasteiger partial charge >= 0.3 is 0 Å². The molecule has 2 aromatic rings. The van der Waals surface area contributed by atoms with Crippen molar-refractivity contribution in [3.05, 3.63) is 69.1 Å². The van der Waals surface area contributed by atoms with Crippen LogP contribution in [0.1, 0.15) is 35.7 Å². The van der Waals surface area contributed by atoms with Gasteiger partial charge in [-0.2, -0.15) is 10.4 Å². The maximum absolute atomic E-state index is 12.4. The fraction of sp³-hybridized carbons (Fsp3) is 0.235. The van der Waals surface area contributed by atoms with E-state index < -0.39 is 0 Å². The van der Waals surface area contributed by atoms with Gasteiger partial charge in [0.05, 0.1) is 5.71 Å². The van der Waals surface area contributed by atoms with Gasteiger partial charge in [0, 0.05) is 5.69 Å². The number of benzene rings is 1. The van der Waals surface area contributed by atoms with E-state index in [0.29, 0.717) is 12.0 Å². The molecule has 1 aromatic heterocycles. The van der Waals surface area contributed by atoms with Crippen LogP contribution < -0.4 is 5.56 Å². The number of pyridine rings is 1. The van der Waals surface area contributed by atoms with Crippen LogP contribution in [0.4, 0.5) is 0 Å². The van der Waals surface area contributed by atoms with Gasteiger partial charge in [-0.05, 0) is 37.5 Å². The van der Waals surface area contributed by atoms with Gasteiger partial charge in [-0.3, -0.25) is 4.79 Å². The number of nitrogens with zero attached hydrogens (tertiary/aromatic N) is 3. The Morgan fingerprint density at radius 3 is 2.52 bits per heavy atom. The van der Waals surface area contributed by atoms with Crippen molar-refractivity contribution in [1.82, 2.24) is 4.68 Å². The van der Waals surface area contributed by atoms with Crippen molar-refractivity contribution in [3.8, 4) is 6.07 Å². The van der Waals surface area contributed by atoms with E-state index in [1.165, 1.54) is 4.68 Å². The molecule has 1 aromatic carbocycles. The second-order valence-corrected chi connectivity index (χ2v) is 4.84. The Balaban J connectivity index is 2.65. The van der Waals surface area contributed by atoms with Crippen molar-refractivity contribution >= 4 is 5.71 Å². The maximum Gasteiger partial charge on any atom is 0.289 e. The van der Waals surface area contributed by atoms with Gasteiger partial charge in [-0.25, -0.2) is 4.68 Å². The SMILES string of the molecule is CCC(=Nn1c(C)cc(C)c(C#N)c1=O)c1ccccc1. The van der Waals surface area contributed by atoms with Crippen molar-refractivity contribution in [2.45, 2.75) is 27.2 Å². The van der Waals surface area contributed by atoms with Crippen LogP contribution >= 0.6 is 0 Å². The highest BCUT2D eigenvalue weighted by atomic mass is 16.1. The lowest BCUT2D eigenvalue weighted by Crippen LogP contribution is -2.24. The second kappa shape index (κ2) is 6.19. The van der Waals surface area contributed by atoms with Crippen molar-refractivity contribution in [3.63, 3.8) is 0 Å². The first kappa shape index (κ1) is 14.7. The average Bonchev–Trinajstić information content (AvgIpc) is 2.48. The van der Waals surface area contributed by atoms with E-state index >= 15 is 0 Å². The summed E-state index contributed by atoms with van der Waals surface area (Å²) in [6.45, 7) is 5.57.